The molecule has 3 rings (SSSR count). The van der Waals surface area contributed by atoms with Gasteiger partial charge in [0.15, 0.2) is 0 Å². The number of rotatable bonds is 4. The van der Waals surface area contributed by atoms with Gasteiger partial charge in [-0.15, -0.1) is 0 Å². The minimum atomic E-state index is 0.0949. The van der Waals surface area contributed by atoms with E-state index in [0.717, 1.165) is 42.6 Å². The first-order valence-electron chi connectivity index (χ1n) is 7.35. The summed E-state index contributed by atoms with van der Waals surface area (Å²) >= 11 is 0. The second-order valence-electron chi connectivity index (χ2n) is 5.43. The van der Waals surface area contributed by atoms with E-state index in [1.807, 2.05) is 36.4 Å². The molecule has 1 aromatic carbocycles. The third-order valence-electron chi connectivity index (χ3n) is 3.94. The van der Waals surface area contributed by atoms with Crippen LogP contribution in [0.5, 0.6) is 0 Å². The Bertz CT molecular complexity index is 541. The van der Waals surface area contributed by atoms with E-state index in [2.05, 4.69) is 16.7 Å². The zero-order valence-corrected chi connectivity index (χ0v) is 11.6. The molecule has 2 N–H and O–H groups in total. The quantitative estimate of drug-likeness (QED) is 0.879. The molecule has 2 aliphatic rings. The van der Waals surface area contributed by atoms with Crippen molar-refractivity contribution >= 4 is 11.6 Å². The third kappa shape index (κ3) is 2.93. The summed E-state index contributed by atoms with van der Waals surface area (Å²) in [5.74, 6) is 0.0949. The number of benzene rings is 1. The smallest absolute Gasteiger partial charge is 0.249 e. The highest BCUT2D eigenvalue weighted by atomic mass is 16.1. The molecule has 2 aliphatic carbocycles. The van der Waals surface area contributed by atoms with Crippen molar-refractivity contribution in [2.75, 3.05) is 5.32 Å². The predicted molar refractivity (Wildman–Crippen MR) is 81.2 cm³/mol. The molecule has 1 aromatic rings. The first-order chi connectivity index (χ1) is 9.83. The Morgan fingerprint density at radius 1 is 1.15 bits per heavy atom. The van der Waals surface area contributed by atoms with Gasteiger partial charge in [-0.1, -0.05) is 24.3 Å². The van der Waals surface area contributed by atoms with Crippen molar-refractivity contribution in [3.05, 3.63) is 53.8 Å². The number of carbonyl (C=O) groups excluding carboxylic acids is 1. The Balaban J connectivity index is 1.76. The molecule has 0 unspecified atom stereocenters. The maximum absolute atomic E-state index is 12.4. The fourth-order valence-electron chi connectivity index (χ4n) is 2.52. The van der Waals surface area contributed by atoms with Gasteiger partial charge >= 0.3 is 0 Å². The lowest BCUT2D eigenvalue weighted by molar-refractivity contribution is -0.118. The Hall–Kier alpha value is -2.03. The van der Waals surface area contributed by atoms with Gasteiger partial charge in [0.2, 0.25) is 5.91 Å². The number of hydrogen-bond acceptors (Lipinski definition) is 2. The molecule has 1 amide bonds. The number of nitrogens with one attached hydrogen (secondary N) is 2. The molecule has 0 spiro atoms. The molecule has 104 valence electrons. The second-order valence-corrected chi connectivity index (χ2v) is 5.43. The van der Waals surface area contributed by atoms with E-state index >= 15 is 0 Å². The first kappa shape index (κ1) is 13.0. The molecule has 0 bridgehead atoms. The van der Waals surface area contributed by atoms with Gasteiger partial charge in [0, 0.05) is 23.0 Å². The topological polar surface area (TPSA) is 41.1 Å². The average molecular weight is 268 g/mol. The van der Waals surface area contributed by atoms with Gasteiger partial charge in [-0.3, -0.25) is 4.79 Å². The van der Waals surface area contributed by atoms with E-state index in [9.17, 15) is 4.79 Å². The summed E-state index contributed by atoms with van der Waals surface area (Å²) < 4.78 is 0. The highest BCUT2D eigenvalue weighted by Crippen LogP contribution is 2.23. The summed E-state index contributed by atoms with van der Waals surface area (Å²) in [7, 11) is 0. The van der Waals surface area contributed by atoms with Crippen LogP contribution in [0, 0.1) is 0 Å². The van der Waals surface area contributed by atoms with Crippen LogP contribution in [0.2, 0.25) is 0 Å². The summed E-state index contributed by atoms with van der Waals surface area (Å²) in [4.78, 5) is 12.4. The molecule has 0 heterocycles. The summed E-state index contributed by atoms with van der Waals surface area (Å²) in [5.41, 5.74) is 2.82. The summed E-state index contributed by atoms with van der Waals surface area (Å²) in [6, 6.07) is 10.4. The second kappa shape index (κ2) is 5.95. The largest absolute Gasteiger partial charge is 0.355 e. The molecule has 20 heavy (non-hydrogen) atoms. The molecule has 3 nitrogen and oxygen atoms in total. The average Bonchev–Trinajstić information content (AvgIpc) is 2.44. The van der Waals surface area contributed by atoms with Crippen molar-refractivity contribution < 1.29 is 4.79 Å². The van der Waals surface area contributed by atoms with Crippen molar-refractivity contribution in [1.82, 2.24) is 5.32 Å². The maximum Gasteiger partial charge on any atom is 0.249 e. The fourth-order valence-corrected chi connectivity index (χ4v) is 2.52. The normalized spacial score (nSPS) is 18.6. The minimum absolute atomic E-state index is 0.0949. The molecule has 0 aromatic heterocycles. The molecule has 0 aliphatic heterocycles. The van der Waals surface area contributed by atoms with Crippen LogP contribution in [0.1, 0.15) is 32.1 Å². The van der Waals surface area contributed by atoms with Crippen LogP contribution in [0.3, 0.4) is 0 Å². The van der Waals surface area contributed by atoms with Crippen molar-refractivity contribution in [1.29, 1.82) is 0 Å². The van der Waals surface area contributed by atoms with E-state index in [-0.39, 0.29) is 5.91 Å². The first-order valence-corrected chi connectivity index (χ1v) is 7.35. The van der Waals surface area contributed by atoms with Crippen LogP contribution >= 0.6 is 0 Å². The van der Waals surface area contributed by atoms with Gasteiger partial charge in [-0.25, -0.2) is 0 Å². The zero-order valence-electron chi connectivity index (χ0n) is 11.6. The van der Waals surface area contributed by atoms with E-state index in [1.54, 1.807) is 0 Å². The molecule has 1 saturated carbocycles. The fraction of sp³-hybridized carbons (Fsp3) is 0.353. The number of para-hydroxylation sites is 1. The monoisotopic (exact) mass is 268 g/mol. The van der Waals surface area contributed by atoms with Gasteiger partial charge < -0.3 is 10.6 Å². The summed E-state index contributed by atoms with van der Waals surface area (Å²) in [6.07, 6.45) is 9.36. The van der Waals surface area contributed by atoms with Gasteiger partial charge in [0.25, 0.3) is 0 Å². The summed E-state index contributed by atoms with van der Waals surface area (Å²) in [5, 5.41) is 6.48. The van der Waals surface area contributed by atoms with E-state index < -0.39 is 0 Å². The van der Waals surface area contributed by atoms with Crippen LogP contribution in [0.15, 0.2) is 53.8 Å². The van der Waals surface area contributed by atoms with Crippen LogP contribution in [-0.2, 0) is 4.79 Å². The van der Waals surface area contributed by atoms with Gasteiger partial charge in [0.1, 0.15) is 0 Å². The van der Waals surface area contributed by atoms with Crippen molar-refractivity contribution in [2.45, 2.75) is 38.1 Å². The van der Waals surface area contributed by atoms with Gasteiger partial charge in [0.05, 0.1) is 0 Å². The Kier molecular flexibility index (Phi) is 3.86. The third-order valence-corrected chi connectivity index (χ3v) is 3.94. The number of amides is 1. The van der Waals surface area contributed by atoms with Crippen molar-refractivity contribution in [3.8, 4) is 0 Å². The van der Waals surface area contributed by atoms with Crippen LogP contribution in [0.25, 0.3) is 0 Å². The van der Waals surface area contributed by atoms with Crippen molar-refractivity contribution in [2.24, 2.45) is 0 Å². The number of allylic oxidation sites excluding steroid dienone is 2. The zero-order chi connectivity index (χ0) is 13.8. The lowest BCUT2D eigenvalue weighted by atomic mass is 9.92. The van der Waals surface area contributed by atoms with E-state index in [1.165, 1.54) is 6.42 Å². The molecule has 0 atom stereocenters. The Labute approximate surface area is 119 Å². The molecule has 3 heteroatoms. The molecular weight excluding hydrogens is 248 g/mol. The van der Waals surface area contributed by atoms with Gasteiger partial charge in [-0.2, -0.15) is 0 Å². The Morgan fingerprint density at radius 2 is 1.95 bits per heavy atom. The SMILES string of the molecule is O=C(NC1CCC1)C1=C(Nc2ccccc2)C=CCC1. The highest BCUT2D eigenvalue weighted by Gasteiger charge is 2.23. The van der Waals surface area contributed by atoms with E-state index in [0.29, 0.717) is 6.04 Å². The molecular formula is C17H20N2O. The summed E-state index contributed by atoms with van der Waals surface area (Å²) in [6.45, 7) is 0. The number of carbonyl (C=O) groups is 1. The molecule has 0 saturated heterocycles. The maximum atomic E-state index is 12.4. The minimum Gasteiger partial charge on any atom is -0.355 e. The molecule has 0 radical (unpaired) electrons. The van der Waals surface area contributed by atoms with Gasteiger partial charge in [-0.05, 0) is 50.3 Å². The lowest BCUT2D eigenvalue weighted by Crippen LogP contribution is -2.40. The van der Waals surface area contributed by atoms with Crippen LogP contribution in [0.4, 0.5) is 5.69 Å². The number of hydrogen-bond donors (Lipinski definition) is 2. The molecule has 1 fully saturated rings. The van der Waals surface area contributed by atoms with E-state index in [4.69, 9.17) is 0 Å². The number of anilines is 1. The van der Waals surface area contributed by atoms with Crippen molar-refractivity contribution in [3.63, 3.8) is 0 Å². The Morgan fingerprint density at radius 3 is 2.65 bits per heavy atom. The van der Waals surface area contributed by atoms with Crippen LogP contribution in [-0.4, -0.2) is 11.9 Å². The lowest BCUT2D eigenvalue weighted by Gasteiger charge is -2.28. The highest BCUT2D eigenvalue weighted by molar-refractivity contribution is 5.95. The standard InChI is InChI=1S/C17H20N2O/c20-17(19-14-9-6-10-14)15-11-4-5-12-16(15)18-13-7-2-1-3-8-13/h1-3,5,7-8,12,14,18H,4,6,9-11H2,(H,19,20). The predicted octanol–water partition coefficient (Wildman–Crippen LogP) is 3.37. The van der Waals surface area contributed by atoms with Crippen LogP contribution < -0.4 is 10.6 Å².